The number of halogens is 1. The van der Waals surface area contributed by atoms with Crippen molar-refractivity contribution in [2.24, 2.45) is 5.73 Å². The minimum atomic E-state index is -0.414. The van der Waals surface area contributed by atoms with E-state index in [4.69, 9.17) is 10.5 Å². The molecule has 0 bridgehead atoms. The monoisotopic (exact) mass is 254 g/mol. The van der Waals surface area contributed by atoms with Gasteiger partial charge in [0.05, 0.1) is 0 Å². The smallest absolute Gasteiger partial charge is 0.257 e. The summed E-state index contributed by atoms with van der Waals surface area (Å²) in [6.07, 6.45) is 0.858. The van der Waals surface area contributed by atoms with E-state index in [0.717, 1.165) is 6.42 Å². The Morgan fingerprint density at radius 2 is 2.28 bits per heavy atom. The molecule has 0 saturated heterocycles. The average molecular weight is 254 g/mol. The number of hydrogen-bond donors (Lipinski definition) is 2. The molecule has 0 aliphatic carbocycles. The summed E-state index contributed by atoms with van der Waals surface area (Å²) in [6.45, 7) is 4.20. The second kappa shape index (κ2) is 6.96. The van der Waals surface area contributed by atoms with Crippen molar-refractivity contribution < 1.29 is 13.9 Å². The fourth-order valence-corrected chi connectivity index (χ4v) is 1.47. The second-order valence-corrected chi connectivity index (χ2v) is 4.11. The van der Waals surface area contributed by atoms with Crippen LogP contribution in [0.3, 0.4) is 0 Å². The predicted octanol–water partition coefficient (Wildman–Crippen LogP) is 1.75. The third-order valence-corrected chi connectivity index (χ3v) is 2.40. The van der Waals surface area contributed by atoms with Crippen LogP contribution in [0.4, 0.5) is 4.39 Å². The van der Waals surface area contributed by atoms with Crippen molar-refractivity contribution in [3.05, 3.63) is 29.6 Å². The molecule has 1 aromatic rings. The molecule has 1 aromatic carbocycles. The number of ether oxygens (including phenoxy) is 1. The van der Waals surface area contributed by atoms with Crippen LogP contribution < -0.4 is 15.8 Å². The molecule has 0 heterocycles. The van der Waals surface area contributed by atoms with Gasteiger partial charge in [-0.1, -0.05) is 13.0 Å². The first kappa shape index (κ1) is 14.4. The molecule has 0 aromatic heterocycles. The van der Waals surface area contributed by atoms with Gasteiger partial charge in [0, 0.05) is 24.2 Å². The van der Waals surface area contributed by atoms with E-state index < -0.39 is 5.82 Å². The largest absolute Gasteiger partial charge is 0.483 e. The highest BCUT2D eigenvalue weighted by molar-refractivity contribution is 5.77. The van der Waals surface area contributed by atoms with Gasteiger partial charge in [-0.05, 0) is 19.4 Å². The molecule has 0 radical (unpaired) electrons. The highest BCUT2D eigenvalue weighted by atomic mass is 19.1. The first-order valence-corrected chi connectivity index (χ1v) is 5.99. The number of amides is 1. The molecule has 0 fully saturated rings. The molecule has 0 unspecified atom stereocenters. The van der Waals surface area contributed by atoms with Crippen molar-refractivity contribution in [2.75, 3.05) is 13.2 Å². The lowest BCUT2D eigenvalue weighted by Gasteiger charge is -2.13. The summed E-state index contributed by atoms with van der Waals surface area (Å²) in [5.41, 5.74) is 6.43. The van der Waals surface area contributed by atoms with E-state index in [1.807, 2.05) is 6.92 Å². The standard InChI is InChI=1S/C13H19FN2O2/c1-3-6-16-13(17)8-18-12-7-10(14)4-5-11(12)9(2)15/h4-5,7,9H,3,6,8,15H2,1-2H3,(H,16,17)/t9-/m0/s1. The summed E-state index contributed by atoms with van der Waals surface area (Å²) >= 11 is 0. The van der Waals surface area contributed by atoms with Gasteiger partial charge in [0.1, 0.15) is 11.6 Å². The van der Waals surface area contributed by atoms with Crippen LogP contribution in [0.25, 0.3) is 0 Å². The molecule has 1 atom stereocenters. The normalized spacial score (nSPS) is 12.0. The summed E-state index contributed by atoms with van der Waals surface area (Å²) in [6, 6.07) is 3.85. The Bertz CT molecular complexity index is 408. The number of rotatable bonds is 6. The molecule has 0 spiro atoms. The molecule has 1 amide bonds. The summed E-state index contributed by atoms with van der Waals surface area (Å²) in [5, 5.41) is 2.68. The lowest BCUT2D eigenvalue weighted by molar-refractivity contribution is -0.123. The molecule has 1 rings (SSSR count). The highest BCUT2D eigenvalue weighted by Crippen LogP contribution is 2.24. The topological polar surface area (TPSA) is 64.3 Å². The summed E-state index contributed by atoms with van der Waals surface area (Å²) < 4.78 is 18.4. The molecule has 5 heteroatoms. The van der Waals surface area contributed by atoms with Gasteiger partial charge in [0.2, 0.25) is 0 Å². The first-order chi connectivity index (χ1) is 8.54. The van der Waals surface area contributed by atoms with Gasteiger partial charge in [-0.2, -0.15) is 0 Å². The van der Waals surface area contributed by atoms with E-state index in [-0.39, 0.29) is 18.6 Å². The third-order valence-electron chi connectivity index (χ3n) is 2.40. The van der Waals surface area contributed by atoms with Crippen LogP contribution in [0.15, 0.2) is 18.2 Å². The van der Waals surface area contributed by atoms with Gasteiger partial charge < -0.3 is 15.8 Å². The highest BCUT2D eigenvalue weighted by Gasteiger charge is 2.11. The Kier molecular flexibility index (Phi) is 5.58. The van der Waals surface area contributed by atoms with Crippen LogP contribution in [0.1, 0.15) is 31.9 Å². The second-order valence-electron chi connectivity index (χ2n) is 4.11. The van der Waals surface area contributed by atoms with E-state index >= 15 is 0 Å². The van der Waals surface area contributed by atoms with Gasteiger partial charge in [-0.25, -0.2) is 4.39 Å². The minimum Gasteiger partial charge on any atom is -0.483 e. The van der Waals surface area contributed by atoms with E-state index in [1.165, 1.54) is 12.1 Å². The van der Waals surface area contributed by atoms with E-state index in [0.29, 0.717) is 17.9 Å². The molecule has 4 nitrogen and oxygen atoms in total. The SMILES string of the molecule is CCCNC(=O)COc1cc(F)ccc1[C@H](C)N. The Hall–Kier alpha value is -1.62. The quantitative estimate of drug-likeness (QED) is 0.813. The fourth-order valence-electron chi connectivity index (χ4n) is 1.47. The molecular formula is C13H19FN2O2. The zero-order valence-corrected chi connectivity index (χ0v) is 10.7. The zero-order valence-electron chi connectivity index (χ0n) is 10.7. The van der Waals surface area contributed by atoms with Crippen LogP contribution in [0.2, 0.25) is 0 Å². The van der Waals surface area contributed by atoms with Crippen molar-refractivity contribution in [1.82, 2.24) is 5.32 Å². The Labute approximate surface area is 106 Å². The molecule has 100 valence electrons. The van der Waals surface area contributed by atoms with Crippen LogP contribution in [-0.2, 0) is 4.79 Å². The van der Waals surface area contributed by atoms with E-state index in [9.17, 15) is 9.18 Å². The predicted molar refractivity (Wildman–Crippen MR) is 67.8 cm³/mol. The third kappa shape index (κ3) is 4.33. The number of carbonyl (C=O) groups excluding carboxylic acids is 1. The van der Waals surface area contributed by atoms with Crippen molar-refractivity contribution in [1.29, 1.82) is 0 Å². The Morgan fingerprint density at radius 1 is 1.56 bits per heavy atom. The lowest BCUT2D eigenvalue weighted by Crippen LogP contribution is -2.29. The zero-order chi connectivity index (χ0) is 13.5. The van der Waals surface area contributed by atoms with Gasteiger partial charge in [-0.15, -0.1) is 0 Å². The van der Waals surface area contributed by atoms with Gasteiger partial charge in [0.25, 0.3) is 5.91 Å². The van der Waals surface area contributed by atoms with Crippen LogP contribution >= 0.6 is 0 Å². The number of benzene rings is 1. The molecule has 3 N–H and O–H groups in total. The number of nitrogens with one attached hydrogen (secondary N) is 1. The lowest BCUT2D eigenvalue weighted by atomic mass is 10.1. The number of hydrogen-bond acceptors (Lipinski definition) is 3. The fraction of sp³-hybridized carbons (Fsp3) is 0.462. The number of carbonyl (C=O) groups is 1. The summed E-state index contributed by atoms with van der Waals surface area (Å²) in [4.78, 5) is 11.4. The molecule has 18 heavy (non-hydrogen) atoms. The Balaban J connectivity index is 2.65. The minimum absolute atomic E-state index is 0.136. The first-order valence-electron chi connectivity index (χ1n) is 5.99. The van der Waals surface area contributed by atoms with E-state index in [2.05, 4.69) is 5.32 Å². The van der Waals surface area contributed by atoms with Crippen LogP contribution in [0, 0.1) is 5.82 Å². The Morgan fingerprint density at radius 3 is 2.89 bits per heavy atom. The number of nitrogens with two attached hydrogens (primary N) is 1. The molecule has 0 aliphatic rings. The van der Waals surface area contributed by atoms with E-state index in [1.54, 1.807) is 13.0 Å². The van der Waals surface area contributed by atoms with Gasteiger partial charge in [0.15, 0.2) is 6.61 Å². The van der Waals surface area contributed by atoms with Crippen molar-refractivity contribution >= 4 is 5.91 Å². The molecular weight excluding hydrogens is 235 g/mol. The van der Waals surface area contributed by atoms with Gasteiger partial charge in [-0.3, -0.25) is 4.79 Å². The van der Waals surface area contributed by atoms with Crippen molar-refractivity contribution in [3.8, 4) is 5.75 Å². The van der Waals surface area contributed by atoms with Gasteiger partial charge >= 0.3 is 0 Å². The summed E-state index contributed by atoms with van der Waals surface area (Å²) in [7, 11) is 0. The van der Waals surface area contributed by atoms with Crippen LogP contribution in [-0.4, -0.2) is 19.1 Å². The maximum absolute atomic E-state index is 13.1. The van der Waals surface area contributed by atoms with Crippen molar-refractivity contribution in [3.63, 3.8) is 0 Å². The summed E-state index contributed by atoms with van der Waals surface area (Å²) in [5.74, 6) is -0.322. The molecule has 0 saturated carbocycles. The molecule has 0 aliphatic heterocycles. The van der Waals surface area contributed by atoms with Crippen LogP contribution in [0.5, 0.6) is 5.75 Å². The average Bonchev–Trinajstić information content (AvgIpc) is 2.33. The maximum atomic E-state index is 13.1. The van der Waals surface area contributed by atoms with Crippen molar-refractivity contribution in [2.45, 2.75) is 26.3 Å². The maximum Gasteiger partial charge on any atom is 0.257 e.